The molecule has 0 radical (unpaired) electrons. The van der Waals surface area contributed by atoms with Crippen LogP contribution in [-0.2, 0) is 4.57 Å². The Kier molecular flexibility index (Phi) is 7.58. The van der Waals surface area contributed by atoms with E-state index in [1.54, 1.807) is 0 Å². The third-order valence-corrected chi connectivity index (χ3v) is 3.28. The van der Waals surface area contributed by atoms with Crippen LogP contribution in [0, 0.1) is 0 Å². The van der Waals surface area contributed by atoms with E-state index >= 15 is 0 Å². The first-order valence-electron chi connectivity index (χ1n) is 5.76. The minimum Gasteiger partial charge on any atom is -0.323 e. The largest absolute Gasteiger partial charge is 0.323 e. The predicted octanol–water partition coefficient (Wildman–Crippen LogP) is 3.47. The van der Waals surface area contributed by atoms with Crippen molar-refractivity contribution in [3.63, 3.8) is 0 Å². The highest BCUT2D eigenvalue weighted by Gasteiger charge is 2.13. The van der Waals surface area contributed by atoms with Crippen molar-refractivity contribution in [2.45, 2.75) is 39.5 Å². The van der Waals surface area contributed by atoms with Gasteiger partial charge < -0.3 is 4.57 Å². The summed E-state index contributed by atoms with van der Waals surface area (Å²) >= 11 is 0. The fraction of sp³-hybridized carbons (Fsp3) is 1.00. The number of nitrogens with zero attached hydrogens (tertiary/aromatic N) is 1. The van der Waals surface area contributed by atoms with Crippen LogP contribution in [0.1, 0.15) is 39.5 Å². The van der Waals surface area contributed by atoms with Gasteiger partial charge in [-0.3, -0.25) is 4.90 Å². The van der Waals surface area contributed by atoms with Crippen molar-refractivity contribution < 1.29 is 4.57 Å². The zero-order chi connectivity index (χ0) is 11.0. The predicted molar refractivity (Wildman–Crippen MR) is 65.7 cm³/mol. The van der Waals surface area contributed by atoms with Gasteiger partial charge in [-0.2, -0.15) is 0 Å². The van der Waals surface area contributed by atoms with Gasteiger partial charge in [0.15, 0.2) is 0 Å². The van der Waals surface area contributed by atoms with Gasteiger partial charge in [0.1, 0.15) is 0 Å². The van der Waals surface area contributed by atoms with Gasteiger partial charge in [0.25, 0.3) is 0 Å². The molecule has 0 aliphatic carbocycles. The van der Waals surface area contributed by atoms with Crippen LogP contribution in [0.3, 0.4) is 0 Å². The lowest BCUT2D eigenvalue weighted by atomic mass is 10.3. The highest BCUT2D eigenvalue weighted by atomic mass is 31.2. The fourth-order valence-electron chi connectivity index (χ4n) is 1.50. The molecule has 3 heteroatoms. The van der Waals surface area contributed by atoms with Crippen LogP contribution in [0.25, 0.3) is 0 Å². The summed E-state index contributed by atoms with van der Waals surface area (Å²) in [6, 6.07) is 0. The summed E-state index contributed by atoms with van der Waals surface area (Å²) in [6.45, 7) is 10.4. The maximum Gasteiger partial charge on any atom is 0.0951 e. The van der Waals surface area contributed by atoms with Gasteiger partial charge in [-0.05, 0) is 39.3 Å². The van der Waals surface area contributed by atoms with Crippen LogP contribution >= 0.6 is 7.14 Å². The highest BCUT2D eigenvalue weighted by Crippen LogP contribution is 2.36. The summed E-state index contributed by atoms with van der Waals surface area (Å²) in [5, 5.41) is 0. The lowest BCUT2D eigenvalue weighted by Crippen LogP contribution is -2.27. The first kappa shape index (κ1) is 14.2. The Morgan fingerprint density at radius 3 is 1.71 bits per heavy atom. The fourth-order valence-corrected chi connectivity index (χ4v) is 2.74. The third kappa shape index (κ3) is 8.77. The van der Waals surface area contributed by atoms with Crippen LogP contribution in [0.2, 0.25) is 0 Å². The van der Waals surface area contributed by atoms with E-state index in [1.165, 1.54) is 25.7 Å². The van der Waals surface area contributed by atoms with E-state index in [1.807, 2.05) is 13.3 Å². The number of unbranched alkanes of at least 4 members (excludes halogenated alkanes) is 2. The molecule has 0 aromatic heterocycles. The lowest BCUT2D eigenvalue weighted by molar-refractivity contribution is 0.303. The molecule has 86 valence electrons. The third-order valence-electron chi connectivity index (χ3n) is 2.20. The number of hydrogen-bond donors (Lipinski definition) is 0. The SMILES string of the molecule is CCCCN(CCCC)CP(C)(C)=O. The maximum atomic E-state index is 11.7. The molecule has 0 saturated carbocycles. The molecule has 0 aliphatic rings. The molecule has 2 nitrogen and oxygen atoms in total. The molecule has 0 aromatic rings. The Balaban J connectivity index is 3.90. The van der Waals surface area contributed by atoms with Crippen molar-refractivity contribution in [1.29, 1.82) is 0 Å². The molecule has 0 spiro atoms. The van der Waals surface area contributed by atoms with Crippen LogP contribution in [0.15, 0.2) is 0 Å². The van der Waals surface area contributed by atoms with E-state index < -0.39 is 7.14 Å². The molecule has 0 aromatic carbocycles. The molecular formula is C11H26NOP. The van der Waals surface area contributed by atoms with Gasteiger partial charge in [-0.1, -0.05) is 26.7 Å². The highest BCUT2D eigenvalue weighted by molar-refractivity contribution is 7.62. The van der Waals surface area contributed by atoms with Crippen LogP contribution in [0.4, 0.5) is 0 Å². The summed E-state index contributed by atoms with van der Waals surface area (Å²) in [4.78, 5) is 2.37. The molecule has 0 bridgehead atoms. The molecule has 0 fully saturated rings. The van der Waals surface area contributed by atoms with Crippen molar-refractivity contribution in [1.82, 2.24) is 4.90 Å². The normalized spacial score (nSPS) is 12.4. The molecule has 0 saturated heterocycles. The van der Waals surface area contributed by atoms with E-state index in [0.29, 0.717) is 0 Å². The van der Waals surface area contributed by atoms with Crippen molar-refractivity contribution in [2.75, 3.05) is 32.7 Å². The summed E-state index contributed by atoms with van der Waals surface area (Å²) < 4.78 is 11.7. The monoisotopic (exact) mass is 219 g/mol. The zero-order valence-electron chi connectivity index (χ0n) is 10.3. The second-order valence-corrected chi connectivity index (χ2v) is 7.97. The standard InChI is InChI=1S/C11H26NOP/c1-5-7-9-12(10-8-6-2)11-14(3,4)13/h5-11H2,1-4H3. The Bertz CT molecular complexity index is 168. The summed E-state index contributed by atoms with van der Waals surface area (Å²) in [5.41, 5.74) is 0. The maximum absolute atomic E-state index is 11.7. The second kappa shape index (κ2) is 7.48. The van der Waals surface area contributed by atoms with Crippen molar-refractivity contribution >= 4 is 7.14 Å². The molecule has 0 aliphatic heterocycles. The smallest absolute Gasteiger partial charge is 0.0951 e. The number of rotatable bonds is 8. The van der Waals surface area contributed by atoms with Crippen molar-refractivity contribution in [3.8, 4) is 0 Å². The molecule has 0 atom stereocenters. The quantitative estimate of drug-likeness (QED) is 0.583. The Morgan fingerprint density at radius 1 is 1.00 bits per heavy atom. The number of hydrogen-bond acceptors (Lipinski definition) is 2. The molecule has 0 N–H and O–H groups in total. The summed E-state index contributed by atoms with van der Waals surface area (Å²) in [7, 11) is -1.88. The van der Waals surface area contributed by atoms with E-state index in [2.05, 4.69) is 18.7 Å². The average molecular weight is 219 g/mol. The van der Waals surface area contributed by atoms with Crippen molar-refractivity contribution in [2.24, 2.45) is 0 Å². The van der Waals surface area contributed by atoms with Crippen molar-refractivity contribution in [3.05, 3.63) is 0 Å². The van der Waals surface area contributed by atoms with Gasteiger partial charge in [-0.15, -0.1) is 0 Å². The van der Waals surface area contributed by atoms with Crippen LogP contribution in [0.5, 0.6) is 0 Å². The van der Waals surface area contributed by atoms with Crippen LogP contribution in [-0.4, -0.2) is 37.6 Å². The molecule has 0 rings (SSSR count). The molecule has 0 heterocycles. The van der Waals surface area contributed by atoms with Gasteiger partial charge in [0, 0.05) is 0 Å². The zero-order valence-corrected chi connectivity index (χ0v) is 11.1. The minimum atomic E-state index is -1.88. The summed E-state index contributed by atoms with van der Waals surface area (Å²) in [5.74, 6) is 0. The van der Waals surface area contributed by atoms with Gasteiger partial charge in [0.05, 0.1) is 13.4 Å². The Morgan fingerprint density at radius 2 is 1.43 bits per heavy atom. The van der Waals surface area contributed by atoms with E-state index in [0.717, 1.165) is 19.4 Å². The molecular weight excluding hydrogens is 193 g/mol. The minimum absolute atomic E-state index is 0.799. The van der Waals surface area contributed by atoms with Gasteiger partial charge >= 0.3 is 0 Å². The topological polar surface area (TPSA) is 20.3 Å². The summed E-state index contributed by atoms with van der Waals surface area (Å²) in [6.07, 6.45) is 5.70. The first-order valence-corrected chi connectivity index (χ1v) is 8.54. The second-order valence-electron chi connectivity index (χ2n) is 4.54. The Hall–Kier alpha value is 0.190. The van der Waals surface area contributed by atoms with E-state index in [9.17, 15) is 4.57 Å². The van der Waals surface area contributed by atoms with Crippen LogP contribution < -0.4 is 0 Å². The molecule has 14 heavy (non-hydrogen) atoms. The first-order chi connectivity index (χ1) is 6.49. The van der Waals surface area contributed by atoms with E-state index in [4.69, 9.17) is 0 Å². The van der Waals surface area contributed by atoms with Gasteiger partial charge in [-0.25, -0.2) is 0 Å². The van der Waals surface area contributed by atoms with E-state index in [-0.39, 0.29) is 0 Å². The molecule has 0 amide bonds. The average Bonchev–Trinajstić information content (AvgIpc) is 2.07. The Labute approximate surface area is 89.4 Å². The lowest BCUT2D eigenvalue weighted by Gasteiger charge is -2.23. The van der Waals surface area contributed by atoms with Gasteiger partial charge in [0.2, 0.25) is 0 Å². The molecule has 0 unspecified atom stereocenters.